The number of nitrogens with zero attached hydrogens (tertiary/aromatic N) is 2. The van der Waals surface area contributed by atoms with Crippen molar-refractivity contribution < 1.29 is 18.0 Å². The topological polar surface area (TPSA) is 86.8 Å². The van der Waals surface area contributed by atoms with E-state index in [1.165, 1.54) is 17.0 Å². The molecule has 0 radical (unpaired) electrons. The highest BCUT2D eigenvalue weighted by atomic mass is 35.5. The van der Waals surface area contributed by atoms with Gasteiger partial charge in [0.15, 0.2) is 0 Å². The summed E-state index contributed by atoms with van der Waals surface area (Å²) in [6.07, 6.45) is 0.319. The number of carbonyl (C=O) groups is 2. The van der Waals surface area contributed by atoms with E-state index in [2.05, 4.69) is 5.32 Å². The van der Waals surface area contributed by atoms with Crippen LogP contribution >= 0.6 is 23.2 Å². The quantitative estimate of drug-likeness (QED) is 0.268. The molecule has 0 aliphatic rings. The molecule has 3 aromatic rings. The molecule has 0 aliphatic heterocycles. The number of aryl methyl sites for hydroxylation is 2. The van der Waals surface area contributed by atoms with E-state index in [4.69, 9.17) is 23.2 Å². The fourth-order valence-corrected chi connectivity index (χ4v) is 6.28. The summed E-state index contributed by atoms with van der Waals surface area (Å²) in [6.45, 7) is 10.6. The smallest absolute Gasteiger partial charge is 0.264 e. The first kappa shape index (κ1) is 32.4. The highest BCUT2D eigenvalue weighted by Gasteiger charge is 2.34. The van der Waals surface area contributed by atoms with Crippen molar-refractivity contribution in [1.29, 1.82) is 0 Å². The van der Waals surface area contributed by atoms with Crippen LogP contribution in [0.25, 0.3) is 0 Å². The van der Waals surface area contributed by atoms with Crippen LogP contribution in [0.2, 0.25) is 10.0 Å². The average Bonchev–Trinajstić information content (AvgIpc) is 2.90. The number of hydrogen-bond acceptors (Lipinski definition) is 4. The summed E-state index contributed by atoms with van der Waals surface area (Å²) < 4.78 is 29.3. The number of sulfonamides is 1. The van der Waals surface area contributed by atoms with Gasteiger partial charge in [-0.3, -0.25) is 13.9 Å². The van der Waals surface area contributed by atoms with E-state index in [-0.39, 0.29) is 23.4 Å². The zero-order valence-corrected chi connectivity index (χ0v) is 26.6. The number of amides is 2. The maximum atomic E-state index is 14.2. The van der Waals surface area contributed by atoms with Gasteiger partial charge in [-0.05, 0) is 88.1 Å². The zero-order chi connectivity index (χ0) is 30.5. The van der Waals surface area contributed by atoms with E-state index in [0.717, 1.165) is 21.0 Å². The van der Waals surface area contributed by atoms with Crippen LogP contribution in [0.3, 0.4) is 0 Å². The number of benzene rings is 3. The summed E-state index contributed by atoms with van der Waals surface area (Å²) >= 11 is 12.4. The summed E-state index contributed by atoms with van der Waals surface area (Å²) in [5.41, 5.74) is 3.58. The predicted octanol–water partition coefficient (Wildman–Crippen LogP) is 6.45. The molecule has 1 unspecified atom stereocenters. The van der Waals surface area contributed by atoms with Crippen LogP contribution in [-0.4, -0.2) is 43.8 Å². The molecule has 0 spiro atoms. The maximum absolute atomic E-state index is 14.2. The molecule has 0 aliphatic carbocycles. The molecular weight excluding hydrogens is 581 g/mol. The molecule has 0 saturated carbocycles. The van der Waals surface area contributed by atoms with E-state index < -0.39 is 28.5 Å². The number of anilines is 1. The molecule has 1 N–H and O–H groups in total. The number of rotatable bonds is 11. The van der Waals surface area contributed by atoms with Crippen molar-refractivity contribution in [3.05, 3.63) is 93.0 Å². The summed E-state index contributed by atoms with van der Waals surface area (Å²) in [6, 6.07) is 15.8. The van der Waals surface area contributed by atoms with Gasteiger partial charge in [0.2, 0.25) is 11.8 Å². The van der Waals surface area contributed by atoms with Crippen LogP contribution in [0.15, 0.2) is 65.6 Å². The maximum Gasteiger partial charge on any atom is 0.264 e. The molecule has 3 rings (SSSR count). The van der Waals surface area contributed by atoms with Crippen LogP contribution in [0, 0.1) is 20.8 Å². The van der Waals surface area contributed by atoms with Crippen molar-refractivity contribution in [2.24, 2.45) is 0 Å². The second-order valence-corrected chi connectivity index (χ2v) is 13.1. The number of nitrogens with one attached hydrogen (secondary N) is 1. The van der Waals surface area contributed by atoms with Gasteiger partial charge in [-0.15, -0.1) is 0 Å². The van der Waals surface area contributed by atoms with Crippen molar-refractivity contribution in [2.45, 2.75) is 71.5 Å². The lowest BCUT2D eigenvalue weighted by atomic mass is 10.1. The summed E-state index contributed by atoms with van der Waals surface area (Å²) in [5.74, 6) is -0.853. The van der Waals surface area contributed by atoms with Crippen molar-refractivity contribution in [3.63, 3.8) is 0 Å². The van der Waals surface area contributed by atoms with Crippen LogP contribution in [0.4, 0.5) is 5.69 Å². The third-order valence-corrected chi connectivity index (χ3v) is 9.40. The molecule has 41 heavy (non-hydrogen) atoms. The molecule has 0 saturated heterocycles. The van der Waals surface area contributed by atoms with Gasteiger partial charge >= 0.3 is 0 Å². The lowest BCUT2D eigenvalue weighted by molar-refractivity contribution is -0.140. The van der Waals surface area contributed by atoms with E-state index >= 15 is 0 Å². The summed E-state index contributed by atoms with van der Waals surface area (Å²) in [5, 5.41) is 3.57. The monoisotopic (exact) mass is 617 g/mol. The van der Waals surface area contributed by atoms with E-state index in [9.17, 15) is 18.0 Å². The van der Waals surface area contributed by atoms with Gasteiger partial charge in [-0.2, -0.15) is 0 Å². The molecule has 7 nitrogen and oxygen atoms in total. The summed E-state index contributed by atoms with van der Waals surface area (Å²) in [7, 11) is -4.15. The lowest BCUT2D eigenvalue weighted by Crippen LogP contribution is -2.53. The third kappa shape index (κ3) is 7.82. The Bertz CT molecular complexity index is 1510. The molecule has 2 amide bonds. The van der Waals surface area contributed by atoms with Gasteiger partial charge in [0, 0.05) is 12.6 Å². The van der Waals surface area contributed by atoms with Gasteiger partial charge in [-0.25, -0.2) is 8.42 Å². The van der Waals surface area contributed by atoms with E-state index in [0.29, 0.717) is 27.7 Å². The first-order valence-corrected chi connectivity index (χ1v) is 15.6. The SMILES string of the molecule is CCC(C(=O)NC(C)C)N(Cc1ccc(Cl)c(Cl)c1)C(=O)CN(c1cccc(C)c1C)S(=O)(=O)c1ccc(C)cc1. The van der Waals surface area contributed by atoms with Gasteiger partial charge in [0.1, 0.15) is 12.6 Å². The molecule has 220 valence electrons. The van der Waals surface area contributed by atoms with Gasteiger partial charge < -0.3 is 10.2 Å². The van der Waals surface area contributed by atoms with Crippen LogP contribution in [-0.2, 0) is 26.2 Å². The van der Waals surface area contributed by atoms with Crippen LogP contribution in [0.5, 0.6) is 0 Å². The largest absolute Gasteiger partial charge is 0.352 e. The Morgan fingerprint density at radius 3 is 2.17 bits per heavy atom. The normalized spacial score (nSPS) is 12.2. The summed E-state index contributed by atoms with van der Waals surface area (Å²) in [4.78, 5) is 28.9. The molecule has 3 aromatic carbocycles. The molecule has 10 heteroatoms. The van der Waals surface area contributed by atoms with Crippen molar-refractivity contribution in [2.75, 3.05) is 10.8 Å². The third-order valence-electron chi connectivity index (χ3n) is 6.89. The number of hydrogen-bond donors (Lipinski definition) is 1. The Morgan fingerprint density at radius 1 is 0.927 bits per heavy atom. The van der Waals surface area contributed by atoms with Gasteiger partial charge in [0.25, 0.3) is 10.0 Å². The van der Waals surface area contributed by atoms with Crippen LogP contribution in [0.1, 0.15) is 49.4 Å². The Kier molecular flexibility index (Phi) is 10.9. The lowest BCUT2D eigenvalue weighted by Gasteiger charge is -2.34. The van der Waals surface area contributed by atoms with Crippen molar-refractivity contribution >= 4 is 50.7 Å². The second-order valence-electron chi connectivity index (χ2n) is 10.4. The molecule has 0 fully saturated rings. The number of halogens is 2. The van der Waals surface area contributed by atoms with Gasteiger partial charge in [-0.1, -0.05) is 66.0 Å². The Labute approximate surface area is 253 Å². The van der Waals surface area contributed by atoms with Crippen molar-refractivity contribution in [1.82, 2.24) is 10.2 Å². The minimum atomic E-state index is -4.15. The number of carbonyl (C=O) groups excluding carboxylic acids is 2. The Morgan fingerprint density at radius 2 is 1.59 bits per heavy atom. The first-order valence-electron chi connectivity index (χ1n) is 13.5. The minimum Gasteiger partial charge on any atom is -0.352 e. The first-order chi connectivity index (χ1) is 19.3. The molecule has 0 aromatic heterocycles. The van der Waals surface area contributed by atoms with E-state index in [1.807, 2.05) is 47.6 Å². The highest BCUT2D eigenvalue weighted by molar-refractivity contribution is 7.92. The average molecular weight is 619 g/mol. The molecular formula is C31H37Cl2N3O4S. The molecule has 0 heterocycles. The van der Waals surface area contributed by atoms with Gasteiger partial charge in [0.05, 0.1) is 20.6 Å². The fraction of sp³-hybridized carbons (Fsp3) is 0.355. The van der Waals surface area contributed by atoms with Crippen LogP contribution < -0.4 is 9.62 Å². The Hall–Kier alpha value is -3.07. The minimum absolute atomic E-state index is 0.0327. The zero-order valence-electron chi connectivity index (χ0n) is 24.2. The van der Waals surface area contributed by atoms with Crippen molar-refractivity contribution in [3.8, 4) is 0 Å². The van der Waals surface area contributed by atoms with E-state index in [1.54, 1.807) is 42.5 Å². The Balaban J connectivity index is 2.12. The highest BCUT2D eigenvalue weighted by Crippen LogP contribution is 2.30. The fourth-order valence-electron chi connectivity index (χ4n) is 4.49. The molecule has 0 bridgehead atoms. The standard InChI is InChI=1S/C31H37Cl2N3O4S/c1-7-28(31(38)34-20(2)3)35(18-24-13-16-26(32)27(33)17-24)30(37)19-36(29-10-8-9-22(5)23(29)6)41(39,40)25-14-11-21(4)12-15-25/h8-17,20,28H,7,18-19H2,1-6H3,(H,34,38). The second kappa shape index (κ2) is 13.7. The molecule has 1 atom stereocenters. The predicted molar refractivity (Wildman–Crippen MR) is 166 cm³/mol.